The highest BCUT2D eigenvalue weighted by Crippen LogP contribution is 2.45. The van der Waals surface area contributed by atoms with Crippen LogP contribution in [0, 0.1) is 11.8 Å². The van der Waals surface area contributed by atoms with E-state index in [0.29, 0.717) is 13.2 Å². The third-order valence-corrected chi connectivity index (χ3v) is 5.58. The zero-order valence-electron chi connectivity index (χ0n) is 12.0. The lowest BCUT2D eigenvalue weighted by atomic mass is 10.00. The molecular weight excluding hydrogens is 252 g/mol. The Morgan fingerprint density at radius 1 is 0.850 bits per heavy atom. The fourth-order valence-electron chi connectivity index (χ4n) is 4.49. The lowest BCUT2D eigenvalue weighted by molar-refractivity contribution is 0.0665. The maximum atomic E-state index is 11.7. The van der Waals surface area contributed by atoms with E-state index in [0.717, 1.165) is 24.7 Å². The fourth-order valence-corrected chi connectivity index (χ4v) is 4.49. The molecule has 0 N–H and O–H groups in total. The van der Waals surface area contributed by atoms with Gasteiger partial charge in [-0.25, -0.2) is 4.79 Å². The maximum absolute atomic E-state index is 11.7. The van der Waals surface area contributed by atoms with Gasteiger partial charge in [0.05, 0.1) is 0 Å². The number of hydrogen-bond acceptors (Lipinski definition) is 3. The van der Waals surface area contributed by atoms with Crippen LogP contribution >= 0.6 is 0 Å². The Morgan fingerprint density at radius 2 is 1.35 bits per heavy atom. The number of ether oxygens (including phenoxy) is 2. The van der Waals surface area contributed by atoms with Gasteiger partial charge in [0.1, 0.15) is 13.2 Å². The first kappa shape index (κ1) is 12.5. The van der Waals surface area contributed by atoms with Crippen LogP contribution in [0.3, 0.4) is 0 Å². The Hall–Kier alpha value is -1.25. The number of carbonyl (C=O) groups excluding carboxylic acids is 1. The first-order valence-electron chi connectivity index (χ1n) is 7.97. The van der Waals surface area contributed by atoms with Crippen molar-refractivity contribution >= 4 is 6.16 Å². The van der Waals surface area contributed by atoms with Crippen LogP contribution in [0.5, 0.6) is 0 Å². The molecule has 0 saturated heterocycles. The van der Waals surface area contributed by atoms with Gasteiger partial charge in [-0.1, -0.05) is 11.1 Å². The van der Waals surface area contributed by atoms with Crippen molar-refractivity contribution in [1.29, 1.82) is 0 Å². The van der Waals surface area contributed by atoms with Crippen molar-refractivity contribution in [3.05, 3.63) is 22.3 Å². The highest BCUT2D eigenvalue weighted by atomic mass is 16.7. The monoisotopic (exact) mass is 274 g/mol. The number of allylic oxidation sites excluding steroid dienone is 2. The van der Waals surface area contributed by atoms with E-state index in [2.05, 4.69) is 0 Å². The highest BCUT2D eigenvalue weighted by molar-refractivity contribution is 5.60. The van der Waals surface area contributed by atoms with Crippen LogP contribution < -0.4 is 0 Å². The summed E-state index contributed by atoms with van der Waals surface area (Å²) >= 11 is 0. The van der Waals surface area contributed by atoms with Gasteiger partial charge in [0, 0.05) is 0 Å². The molecule has 0 aromatic rings. The Labute approximate surface area is 120 Å². The SMILES string of the molecule is O=C(OCC1=C2CCC(C2)C1)OCC1=C2CCC(C2)C1. The molecule has 4 aliphatic carbocycles. The van der Waals surface area contributed by atoms with Crippen molar-refractivity contribution in [2.24, 2.45) is 11.8 Å². The van der Waals surface area contributed by atoms with Crippen LogP contribution in [-0.2, 0) is 9.47 Å². The van der Waals surface area contributed by atoms with Gasteiger partial charge < -0.3 is 9.47 Å². The van der Waals surface area contributed by atoms with Crippen LogP contribution in [0.25, 0.3) is 0 Å². The average Bonchev–Trinajstić information content (AvgIpc) is 3.21. The standard InChI is InChI=1S/C17H22O3/c18-17(19-9-15-7-11-1-3-13(15)5-11)20-10-16-8-12-2-4-14(16)6-12/h11-12H,1-10H2. The first-order chi connectivity index (χ1) is 9.78. The molecule has 4 aliphatic rings. The van der Waals surface area contributed by atoms with Crippen molar-refractivity contribution in [2.75, 3.05) is 13.2 Å². The normalized spacial score (nSPS) is 30.6. The molecule has 20 heavy (non-hydrogen) atoms. The molecule has 2 saturated carbocycles. The molecule has 4 bridgehead atoms. The minimum absolute atomic E-state index is 0.458. The summed E-state index contributed by atoms with van der Waals surface area (Å²) in [6, 6.07) is 0. The maximum Gasteiger partial charge on any atom is 0.508 e. The van der Waals surface area contributed by atoms with Gasteiger partial charge in [-0.2, -0.15) is 0 Å². The van der Waals surface area contributed by atoms with E-state index in [9.17, 15) is 4.79 Å². The zero-order valence-corrected chi connectivity index (χ0v) is 12.0. The first-order valence-corrected chi connectivity index (χ1v) is 7.97. The van der Waals surface area contributed by atoms with Crippen LogP contribution in [0.2, 0.25) is 0 Å². The van der Waals surface area contributed by atoms with Gasteiger partial charge in [0.15, 0.2) is 0 Å². The molecule has 2 unspecified atom stereocenters. The molecule has 3 nitrogen and oxygen atoms in total. The number of rotatable bonds is 4. The van der Waals surface area contributed by atoms with Crippen molar-refractivity contribution in [2.45, 2.75) is 51.4 Å². The lowest BCUT2D eigenvalue weighted by Crippen LogP contribution is -2.13. The fraction of sp³-hybridized carbons (Fsp3) is 0.706. The van der Waals surface area contributed by atoms with E-state index < -0.39 is 6.16 Å². The van der Waals surface area contributed by atoms with E-state index in [-0.39, 0.29) is 0 Å². The number of fused-ring (bicyclic) bond motifs is 4. The van der Waals surface area contributed by atoms with E-state index in [1.807, 2.05) is 0 Å². The summed E-state index contributed by atoms with van der Waals surface area (Å²) < 4.78 is 10.6. The molecule has 0 aromatic carbocycles. The topological polar surface area (TPSA) is 35.5 Å². The summed E-state index contributed by atoms with van der Waals surface area (Å²) in [4.78, 5) is 11.7. The molecule has 0 radical (unpaired) electrons. The van der Waals surface area contributed by atoms with Gasteiger partial charge in [-0.3, -0.25) is 0 Å². The predicted octanol–water partition coefficient (Wildman–Crippen LogP) is 4.14. The third kappa shape index (κ3) is 2.27. The Balaban J connectivity index is 1.23. The second-order valence-corrected chi connectivity index (χ2v) is 6.87. The molecule has 4 rings (SSSR count). The van der Waals surface area contributed by atoms with Crippen molar-refractivity contribution in [1.82, 2.24) is 0 Å². The molecule has 0 heterocycles. The molecule has 0 aromatic heterocycles. The number of carbonyl (C=O) groups is 1. The van der Waals surface area contributed by atoms with Crippen LogP contribution in [0.1, 0.15) is 51.4 Å². The van der Waals surface area contributed by atoms with Crippen molar-refractivity contribution < 1.29 is 14.3 Å². The van der Waals surface area contributed by atoms with Crippen molar-refractivity contribution in [3.63, 3.8) is 0 Å². The molecule has 2 atom stereocenters. The summed E-state index contributed by atoms with van der Waals surface area (Å²) in [6.45, 7) is 0.915. The third-order valence-electron chi connectivity index (χ3n) is 5.58. The van der Waals surface area contributed by atoms with Crippen molar-refractivity contribution in [3.8, 4) is 0 Å². The Kier molecular flexibility index (Phi) is 3.08. The minimum Gasteiger partial charge on any atom is -0.430 e. The predicted molar refractivity (Wildman–Crippen MR) is 75.3 cm³/mol. The number of hydrogen-bond donors (Lipinski definition) is 0. The van der Waals surface area contributed by atoms with Crippen LogP contribution in [-0.4, -0.2) is 19.4 Å². The minimum atomic E-state index is -0.489. The van der Waals surface area contributed by atoms with Gasteiger partial charge >= 0.3 is 6.16 Å². The molecular formula is C17H22O3. The zero-order chi connectivity index (χ0) is 13.5. The summed E-state index contributed by atoms with van der Waals surface area (Å²) in [6.07, 6.45) is 9.38. The smallest absolute Gasteiger partial charge is 0.430 e. The van der Waals surface area contributed by atoms with Gasteiger partial charge in [-0.05, 0) is 74.3 Å². The second kappa shape index (κ2) is 4.94. The summed E-state index contributed by atoms with van der Waals surface area (Å²) in [5.74, 6) is 1.67. The summed E-state index contributed by atoms with van der Waals surface area (Å²) in [5, 5.41) is 0. The average molecular weight is 274 g/mol. The van der Waals surface area contributed by atoms with E-state index in [4.69, 9.17) is 9.47 Å². The largest absolute Gasteiger partial charge is 0.508 e. The van der Waals surface area contributed by atoms with Gasteiger partial charge in [0.2, 0.25) is 0 Å². The molecule has 108 valence electrons. The molecule has 3 heteroatoms. The van der Waals surface area contributed by atoms with Gasteiger partial charge in [0.25, 0.3) is 0 Å². The summed E-state index contributed by atoms with van der Waals surface area (Å²) in [7, 11) is 0. The second-order valence-electron chi connectivity index (χ2n) is 6.87. The van der Waals surface area contributed by atoms with E-state index >= 15 is 0 Å². The molecule has 2 fully saturated rings. The van der Waals surface area contributed by atoms with Crippen LogP contribution in [0.15, 0.2) is 22.3 Å². The van der Waals surface area contributed by atoms with E-state index in [1.54, 1.807) is 11.1 Å². The summed E-state index contributed by atoms with van der Waals surface area (Å²) in [5.41, 5.74) is 5.81. The molecule has 0 amide bonds. The van der Waals surface area contributed by atoms with Gasteiger partial charge in [-0.15, -0.1) is 0 Å². The Bertz CT molecular complexity index is 456. The lowest BCUT2D eigenvalue weighted by Gasteiger charge is -2.14. The molecule has 0 spiro atoms. The highest BCUT2D eigenvalue weighted by Gasteiger charge is 2.31. The quantitative estimate of drug-likeness (QED) is 0.571. The molecule has 0 aliphatic heterocycles. The van der Waals surface area contributed by atoms with Crippen LogP contribution in [0.4, 0.5) is 4.79 Å². The van der Waals surface area contributed by atoms with E-state index in [1.165, 1.54) is 49.7 Å². The Morgan fingerprint density at radius 3 is 1.70 bits per heavy atom.